The molecular weight excluding hydrogens is 264 g/mol. The van der Waals surface area contributed by atoms with Crippen LogP contribution in [0, 0.1) is 5.92 Å². The van der Waals surface area contributed by atoms with Crippen molar-refractivity contribution in [2.45, 2.75) is 18.9 Å². The molecule has 1 atom stereocenters. The molecule has 4 rings (SSSR count). The van der Waals surface area contributed by atoms with Gasteiger partial charge in [0.2, 0.25) is 5.91 Å². The highest BCUT2D eigenvalue weighted by Gasteiger charge is 2.34. The lowest BCUT2D eigenvalue weighted by Gasteiger charge is -2.44. The van der Waals surface area contributed by atoms with Gasteiger partial charge in [0.25, 0.3) is 0 Å². The molecule has 4 heteroatoms. The van der Waals surface area contributed by atoms with E-state index in [1.807, 2.05) is 30.3 Å². The molecule has 0 aromatic heterocycles. The summed E-state index contributed by atoms with van der Waals surface area (Å²) in [6.07, 6.45) is 5.84. The van der Waals surface area contributed by atoms with E-state index in [1.54, 1.807) is 13.2 Å². The monoisotopic (exact) mass is 286 g/mol. The molecule has 1 aromatic rings. The van der Waals surface area contributed by atoms with Gasteiger partial charge in [0.05, 0.1) is 7.11 Å². The van der Waals surface area contributed by atoms with Gasteiger partial charge in [0.15, 0.2) is 0 Å². The number of carbonyl (C=O) groups excluding carboxylic acids is 1. The van der Waals surface area contributed by atoms with Crippen LogP contribution in [0.5, 0.6) is 5.75 Å². The topological polar surface area (TPSA) is 41.6 Å². The Hall–Kier alpha value is -1.81. The molecule has 3 heterocycles. The van der Waals surface area contributed by atoms with Crippen LogP contribution < -0.4 is 10.1 Å². The highest BCUT2D eigenvalue weighted by atomic mass is 16.5. The molecule has 1 unspecified atom stereocenters. The van der Waals surface area contributed by atoms with Crippen LogP contribution in [-0.2, 0) is 4.79 Å². The van der Waals surface area contributed by atoms with Crippen LogP contribution in [0.1, 0.15) is 18.4 Å². The summed E-state index contributed by atoms with van der Waals surface area (Å²) in [4.78, 5) is 14.5. The van der Waals surface area contributed by atoms with Crippen molar-refractivity contribution in [3.63, 3.8) is 0 Å². The minimum atomic E-state index is -0.0142. The van der Waals surface area contributed by atoms with Crippen LogP contribution in [0.2, 0.25) is 0 Å². The lowest BCUT2D eigenvalue weighted by atomic mass is 9.84. The lowest BCUT2D eigenvalue weighted by Crippen LogP contribution is -2.57. The van der Waals surface area contributed by atoms with Crippen LogP contribution in [-0.4, -0.2) is 43.6 Å². The molecule has 1 N–H and O–H groups in total. The Balaban J connectivity index is 1.60. The maximum absolute atomic E-state index is 12.1. The molecule has 21 heavy (non-hydrogen) atoms. The summed E-state index contributed by atoms with van der Waals surface area (Å²) < 4.78 is 5.28. The Kier molecular flexibility index (Phi) is 4.25. The fraction of sp³-hybridized carbons (Fsp3) is 0.471. The summed E-state index contributed by atoms with van der Waals surface area (Å²) >= 11 is 0. The first kappa shape index (κ1) is 14.1. The molecule has 3 saturated heterocycles. The van der Waals surface area contributed by atoms with Crippen LogP contribution in [0.15, 0.2) is 30.3 Å². The standard InChI is InChI=1S/C17H22N2O2/c1-21-16-5-3-2-4-14(16)6-7-17(20)18-15-12-19-10-8-13(15)9-11-19/h2-7,13,15H,8-12H2,1H3,(H,18,20)/b7-6+. The van der Waals surface area contributed by atoms with Gasteiger partial charge in [-0.15, -0.1) is 0 Å². The molecule has 0 saturated carbocycles. The minimum Gasteiger partial charge on any atom is -0.496 e. The molecule has 112 valence electrons. The largest absolute Gasteiger partial charge is 0.496 e. The zero-order valence-electron chi connectivity index (χ0n) is 12.4. The van der Waals surface area contributed by atoms with E-state index in [1.165, 1.54) is 25.9 Å². The maximum atomic E-state index is 12.1. The summed E-state index contributed by atoms with van der Waals surface area (Å²) in [6, 6.07) is 8.00. The summed E-state index contributed by atoms with van der Waals surface area (Å²) in [5, 5.41) is 3.15. The summed E-state index contributed by atoms with van der Waals surface area (Å²) in [7, 11) is 1.64. The average Bonchev–Trinajstić information content (AvgIpc) is 2.54. The predicted octanol–water partition coefficient (Wildman–Crippen LogP) is 1.92. The van der Waals surface area contributed by atoms with E-state index < -0.39 is 0 Å². The van der Waals surface area contributed by atoms with E-state index in [0.717, 1.165) is 17.9 Å². The third-order valence-electron chi connectivity index (χ3n) is 4.54. The number of amides is 1. The number of hydrogen-bond donors (Lipinski definition) is 1. The van der Waals surface area contributed by atoms with E-state index in [0.29, 0.717) is 12.0 Å². The van der Waals surface area contributed by atoms with Crippen LogP contribution >= 0.6 is 0 Å². The number of nitrogens with zero attached hydrogens (tertiary/aromatic N) is 1. The fourth-order valence-electron chi connectivity index (χ4n) is 3.33. The smallest absolute Gasteiger partial charge is 0.244 e. The van der Waals surface area contributed by atoms with Gasteiger partial charge in [-0.25, -0.2) is 0 Å². The van der Waals surface area contributed by atoms with Crippen LogP contribution in [0.3, 0.4) is 0 Å². The van der Waals surface area contributed by atoms with Crippen molar-refractivity contribution in [3.05, 3.63) is 35.9 Å². The van der Waals surface area contributed by atoms with E-state index in [9.17, 15) is 4.79 Å². The first-order chi connectivity index (χ1) is 10.3. The zero-order chi connectivity index (χ0) is 14.7. The van der Waals surface area contributed by atoms with Crippen molar-refractivity contribution in [2.75, 3.05) is 26.7 Å². The quantitative estimate of drug-likeness (QED) is 0.860. The number of piperidine rings is 3. The van der Waals surface area contributed by atoms with Gasteiger partial charge in [-0.1, -0.05) is 18.2 Å². The molecule has 3 fully saturated rings. The Bertz CT molecular complexity index is 533. The van der Waals surface area contributed by atoms with Gasteiger partial charge in [0, 0.05) is 24.2 Å². The normalized spacial score (nSPS) is 27.8. The van der Waals surface area contributed by atoms with Crippen LogP contribution in [0.25, 0.3) is 6.08 Å². The molecule has 2 bridgehead atoms. The molecular formula is C17H22N2O2. The van der Waals surface area contributed by atoms with Crippen LogP contribution in [0.4, 0.5) is 0 Å². The first-order valence-corrected chi connectivity index (χ1v) is 7.60. The number of hydrogen-bond acceptors (Lipinski definition) is 3. The molecule has 1 amide bonds. The number of carbonyl (C=O) groups is 1. The van der Waals surface area contributed by atoms with Crippen molar-refractivity contribution >= 4 is 12.0 Å². The van der Waals surface area contributed by atoms with Crippen molar-refractivity contribution in [1.82, 2.24) is 10.2 Å². The minimum absolute atomic E-state index is 0.0142. The second-order valence-corrected chi connectivity index (χ2v) is 5.83. The number of fused-ring (bicyclic) bond motifs is 3. The number of rotatable bonds is 4. The number of para-hydroxylation sites is 1. The second kappa shape index (κ2) is 6.31. The van der Waals surface area contributed by atoms with Gasteiger partial charge in [-0.3, -0.25) is 4.79 Å². The third-order valence-corrected chi connectivity index (χ3v) is 4.54. The predicted molar refractivity (Wildman–Crippen MR) is 83.1 cm³/mol. The second-order valence-electron chi connectivity index (χ2n) is 5.83. The number of ether oxygens (including phenoxy) is 1. The number of benzene rings is 1. The fourth-order valence-corrected chi connectivity index (χ4v) is 3.33. The van der Waals surface area contributed by atoms with E-state index in [4.69, 9.17) is 4.74 Å². The molecule has 1 aromatic carbocycles. The van der Waals surface area contributed by atoms with Crippen molar-refractivity contribution in [3.8, 4) is 5.75 Å². The van der Waals surface area contributed by atoms with Gasteiger partial charge >= 0.3 is 0 Å². The molecule has 0 spiro atoms. The number of methoxy groups -OCH3 is 1. The van der Waals surface area contributed by atoms with Gasteiger partial charge in [-0.05, 0) is 44.0 Å². The Morgan fingerprint density at radius 2 is 2.10 bits per heavy atom. The summed E-state index contributed by atoms with van der Waals surface area (Å²) in [6.45, 7) is 3.38. The zero-order valence-corrected chi connectivity index (χ0v) is 12.4. The van der Waals surface area contributed by atoms with E-state index in [2.05, 4.69) is 10.2 Å². The van der Waals surface area contributed by atoms with Crippen molar-refractivity contribution in [1.29, 1.82) is 0 Å². The summed E-state index contributed by atoms with van der Waals surface area (Å²) in [5.74, 6) is 1.42. The molecule has 3 aliphatic heterocycles. The SMILES string of the molecule is COc1ccccc1/C=C/C(=O)NC1CN2CCC1CC2. The van der Waals surface area contributed by atoms with E-state index in [-0.39, 0.29) is 5.91 Å². The summed E-state index contributed by atoms with van der Waals surface area (Å²) in [5.41, 5.74) is 0.920. The lowest BCUT2D eigenvalue weighted by molar-refractivity contribution is -0.118. The van der Waals surface area contributed by atoms with E-state index >= 15 is 0 Å². The third kappa shape index (κ3) is 3.27. The highest BCUT2D eigenvalue weighted by Crippen LogP contribution is 2.27. The maximum Gasteiger partial charge on any atom is 0.244 e. The average molecular weight is 286 g/mol. The van der Waals surface area contributed by atoms with Gasteiger partial charge in [-0.2, -0.15) is 0 Å². The molecule has 4 nitrogen and oxygen atoms in total. The Labute approximate surface area is 125 Å². The molecule has 0 aliphatic carbocycles. The van der Waals surface area contributed by atoms with Crippen molar-refractivity contribution < 1.29 is 9.53 Å². The molecule has 3 aliphatic rings. The van der Waals surface area contributed by atoms with Crippen molar-refractivity contribution in [2.24, 2.45) is 5.92 Å². The van der Waals surface area contributed by atoms with Gasteiger partial charge < -0.3 is 15.0 Å². The Morgan fingerprint density at radius 1 is 1.33 bits per heavy atom. The Morgan fingerprint density at radius 3 is 2.76 bits per heavy atom. The highest BCUT2D eigenvalue weighted by molar-refractivity contribution is 5.92. The number of nitrogens with one attached hydrogen (secondary N) is 1. The first-order valence-electron chi connectivity index (χ1n) is 7.60. The molecule has 0 radical (unpaired) electrons. The van der Waals surface area contributed by atoms with Gasteiger partial charge in [0.1, 0.15) is 5.75 Å².